The molecule has 0 aliphatic heterocycles. The fourth-order valence-corrected chi connectivity index (χ4v) is 2.84. The Morgan fingerprint density at radius 3 is 2.45 bits per heavy atom. The average Bonchev–Trinajstić information content (AvgIpc) is 2.80. The van der Waals surface area contributed by atoms with Crippen LogP contribution in [0, 0.1) is 0 Å². The lowest BCUT2D eigenvalue weighted by Gasteiger charge is -2.10. The molecule has 1 aromatic heterocycles. The van der Waals surface area contributed by atoms with E-state index in [1.807, 2.05) is 39.0 Å². The number of para-hydroxylation sites is 2. The summed E-state index contributed by atoms with van der Waals surface area (Å²) in [6, 6.07) is 10.5. The van der Waals surface area contributed by atoms with Crippen LogP contribution in [0.25, 0.3) is 0 Å². The zero-order chi connectivity index (χ0) is 24.2. The van der Waals surface area contributed by atoms with Crippen LogP contribution in [0.4, 0.5) is 11.4 Å². The van der Waals surface area contributed by atoms with Gasteiger partial charge in [0.25, 0.3) is 11.8 Å². The number of nitrogen functional groups attached to an aromatic ring is 1. The quantitative estimate of drug-likeness (QED) is 0.191. The van der Waals surface area contributed by atoms with Crippen molar-refractivity contribution in [3.05, 3.63) is 83.2 Å². The first-order valence-electron chi connectivity index (χ1n) is 10.5. The monoisotopic (exact) mass is 449 g/mol. The molecule has 8 heteroatoms. The number of carbonyl (C=O) groups excluding carboxylic acids is 2. The topological polar surface area (TPSA) is 118 Å². The molecule has 0 aliphatic rings. The van der Waals surface area contributed by atoms with Crippen LogP contribution in [0.1, 0.15) is 31.1 Å². The minimum Gasteiger partial charge on any atom is -0.480 e. The van der Waals surface area contributed by atoms with Crippen LogP contribution in [0.5, 0.6) is 5.88 Å². The number of hydrogen-bond acceptors (Lipinski definition) is 6. The summed E-state index contributed by atoms with van der Waals surface area (Å²) in [6.45, 7) is 6.64. The van der Waals surface area contributed by atoms with E-state index in [0.29, 0.717) is 35.6 Å². The number of carbonyl (C=O) groups is 2. The van der Waals surface area contributed by atoms with E-state index >= 15 is 0 Å². The normalized spacial score (nSPS) is 11.4. The van der Waals surface area contributed by atoms with E-state index in [0.717, 1.165) is 11.3 Å². The SMILES string of the molecule is COc1ncccc1C(=O)NCCN/C(C)=C/C=C(\C=C(C)C)C(=O)Nc1ccccc1N. The zero-order valence-electron chi connectivity index (χ0n) is 19.4. The summed E-state index contributed by atoms with van der Waals surface area (Å²) in [7, 11) is 1.47. The lowest BCUT2D eigenvalue weighted by Crippen LogP contribution is -2.31. The van der Waals surface area contributed by atoms with Crippen molar-refractivity contribution in [2.24, 2.45) is 0 Å². The van der Waals surface area contributed by atoms with E-state index in [9.17, 15) is 9.59 Å². The maximum atomic E-state index is 12.7. The molecule has 0 spiro atoms. The van der Waals surface area contributed by atoms with Crippen LogP contribution in [-0.4, -0.2) is 37.0 Å². The zero-order valence-corrected chi connectivity index (χ0v) is 19.4. The van der Waals surface area contributed by atoms with Gasteiger partial charge in [0.15, 0.2) is 0 Å². The molecule has 1 heterocycles. The number of aromatic nitrogens is 1. The summed E-state index contributed by atoms with van der Waals surface area (Å²) < 4.78 is 5.11. The molecule has 2 rings (SSSR count). The van der Waals surface area contributed by atoms with Crippen molar-refractivity contribution in [3.63, 3.8) is 0 Å². The third-order valence-electron chi connectivity index (χ3n) is 4.45. The van der Waals surface area contributed by atoms with Crippen molar-refractivity contribution < 1.29 is 14.3 Å². The summed E-state index contributed by atoms with van der Waals surface area (Å²) in [6.07, 6.45) is 6.93. The Bertz CT molecular complexity index is 1070. The van der Waals surface area contributed by atoms with Gasteiger partial charge >= 0.3 is 0 Å². The number of amides is 2. The Balaban J connectivity index is 1.95. The second kappa shape index (κ2) is 12.7. The predicted octanol–water partition coefficient (Wildman–Crippen LogP) is 3.43. The number of methoxy groups -OCH3 is 1. The summed E-state index contributed by atoms with van der Waals surface area (Å²) >= 11 is 0. The van der Waals surface area contributed by atoms with E-state index in [2.05, 4.69) is 20.9 Å². The van der Waals surface area contributed by atoms with Crippen LogP contribution in [0.3, 0.4) is 0 Å². The van der Waals surface area contributed by atoms with Crippen molar-refractivity contribution >= 4 is 23.2 Å². The molecule has 0 unspecified atom stereocenters. The van der Waals surface area contributed by atoms with Gasteiger partial charge in [0.05, 0.1) is 18.5 Å². The van der Waals surface area contributed by atoms with Gasteiger partial charge in [-0.1, -0.05) is 23.8 Å². The lowest BCUT2D eigenvalue weighted by atomic mass is 10.1. The van der Waals surface area contributed by atoms with Crippen molar-refractivity contribution in [1.82, 2.24) is 15.6 Å². The van der Waals surface area contributed by atoms with Crippen LogP contribution in [0.2, 0.25) is 0 Å². The molecular formula is C25H31N5O3. The van der Waals surface area contributed by atoms with Gasteiger partial charge in [-0.2, -0.15) is 0 Å². The van der Waals surface area contributed by atoms with Crippen LogP contribution >= 0.6 is 0 Å². The number of nitrogens with two attached hydrogens (primary N) is 1. The molecule has 5 N–H and O–H groups in total. The molecule has 0 saturated heterocycles. The highest BCUT2D eigenvalue weighted by Crippen LogP contribution is 2.18. The summed E-state index contributed by atoms with van der Waals surface area (Å²) in [4.78, 5) is 29.1. The summed E-state index contributed by atoms with van der Waals surface area (Å²) in [5, 5.41) is 8.87. The van der Waals surface area contributed by atoms with E-state index in [1.165, 1.54) is 7.11 Å². The highest BCUT2D eigenvalue weighted by Gasteiger charge is 2.12. The second-order valence-corrected chi connectivity index (χ2v) is 7.48. The van der Waals surface area contributed by atoms with Crippen molar-refractivity contribution in [2.45, 2.75) is 20.8 Å². The number of ether oxygens (including phenoxy) is 1. The van der Waals surface area contributed by atoms with E-state index in [1.54, 1.807) is 42.6 Å². The first-order chi connectivity index (χ1) is 15.8. The fourth-order valence-electron chi connectivity index (χ4n) is 2.84. The van der Waals surface area contributed by atoms with Gasteiger partial charge in [-0.05, 0) is 57.2 Å². The molecular weight excluding hydrogens is 418 g/mol. The van der Waals surface area contributed by atoms with Crippen LogP contribution < -0.4 is 26.4 Å². The number of hydrogen-bond donors (Lipinski definition) is 4. The Hall–Kier alpha value is -4.07. The van der Waals surface area contributed by atoms with Gasteiger partial charge in [-0.25, -0.2) is 4.98 Å². The molecule has 8 nitrogen and oxygen atoms in total. The Morgan fingerprint density at radius 1 is 1.03 bits per heavy atom. The molecule has 0 bridgehead atoms. The van der Waals surface area contributed by atoms with Crippen molar-refractivity contribution in [1.29, 1.82) is 0 Å². The Kier molecular flexibility index (Phi) is 9.70. The van der Waals surface area contributed by atoms with E-state index in [-0.39, 0.29) is 17.7 Å². The standard InChI is InChI=1S/C25H31N5O3/c1-17(2)16-19(23(31)30-22-10-6-5-9-21(22)26)12-11-18(3)27-14-15-28-24(32)20-8-7-13-29-25(20)33-4/h5-13,16,27H,14-15,26H2,1-4H3,(H,28,32)(H,30,31)/b18-11+,19-12+. The van der Waals surface area contributed by atoms with Gasteiger partial charge in [-0.15, -0.1) is 0 Å². The summed E-state index contributed by atoms with van der Waals surface area (Å²) in [5.41, 5.74) is 9.70. The molecule has 1 aromatic carbocycles. The fraction of sp³-hybridized carbons (Fsp3) is 0.240. The van der Waals surface area contributed by atoms with Crippen LogP contribution in [0.15, 0.2) is 77.7 Å². The molecule has 2 aromatic rings. The largest absolute Gasteiger partial charge is 0.480 e. The van der Waals surface area contributed by atoms with Crippen molar-refractivity contribution in [2.75, 3.05) is 31.2 Å². The van der Waals surface area contributed by atoms with Crippen molar-refractivity contribution in [3.8, 4) is 5.88 Å². The van der Waals surface area contributed by atoms with Gasteiger partial charge in [0.2, 0.25) is 5.88 Å². The maximum Gasteiger partial charge on any atom is 0.256 e. The third-order valence-corrected chi connectivity index (χ3v) is 4.45. The molecule has 174 valence electrons. The van der Waals surface area contributed by atoms with E-state index in [4.69, 9.17) is 10.5 Å². The highest BCUT2D eigenvalue weighted by atomic mass is 16.5. The highest BCUT2D eigenvalue weighted by molar-refractivity contribution is 6.07. The number of nitrogens with one attached hydrogen (secondary N) is 3. The smallest absolute Gasteiger partial charge is 0.256 e. The third kappa shape index (κ3) is 8.17. The Labute approximate surface area is 194 Å². The average molecular weight is 450 g/mol. The maximum absolute atomic E-state index is 12.7. The van der Waals surface area contributed by atoms with Gasteiger partial charge in [-0.3, -0.25) is 9.59 Å². The van der Waals surface area contributed by atoms with Crippen LogP contribution in [-0.2, 0) is 4.79 Å². The second-order valence-electron chi connectivity index (χ2n) is 7.48. The molecule has 33 heavy (non-hydrogen) atoms. The minimum absolute atomic E-state index is 0.254. The van der Waals surface area contributed by atoms with Gasteiger partial charge in [0, 0.05) is 30.6 Å². The predicted molar refractivity (Wildman–Crippen MR) is 132 cm³/mol. The number of anilines is 2. The number of allylic oxidation sites excluding steroid dienone is 4. The molecule has 0 atom stereocenters. The molecule has 0 radical (unpaired) electrons. The van der Waals surface area contributed by atoms with Gasteiger partial charge in [0.1, 0.15) is 5.56 Å². The lowest BCUT2D eigenvalue weighted by molar-refractivity contribution is -0.112. The first-order valence-corrected chi connectivity index (χ1v) is 10.5. The van der Waals surface area contributed by atoms with E-state index < -0.39 is 0 Å². The number of rotatable bonds is 10. The van der Waals surface area contributed by atoms with Gasteiger partial charge < -0.3 is 26.4 Å². The number of pyridine rings is 1. The minimum atomic E-state index is -0.258. The number of benzene rings is 1. The molecule has 0 fully saturated rings. The summed E-state index contributed by atoms with van der Waals surface area (Å²) in [5.74, 6) is -0.228. The Morgan fingerprint density at radius 2 is 1.76 bits per heavy atom. The first kappa shape index (κ1) is 25.2. The number of nitrogens with zero attached hydrogens (tertiary/aromatic N) is 1. The molecule has 0 aliphatic carbocycles. The molecule has 0 saturated carbocycles. The molecule has 2 amide bonds.